The van der Waals surface area contributed by atoms with Gasteiger partial charge in [-0.2, -0.15) is 5.26 Å². The van der Waals surface area contributed by atoms with E-state index >= 15 is 0 Å². The van der Waals surface area contributed by atoms with Gasteiger partial charge in [0.2, 0.25) is 0 Å². The molecule has 0 spiro atoms. The number of hydrogen-bond donors (Lipinski definition) is 1. The topological polar surface area (TPSA) is 55.4 Å². The molecule has 3 aliphatic rings. The van der Waals surface area contributed by atoms with E-state index in [0.717, 1.165) is 74.1 Å². The first-order valence-corrected chi connectivity index (χ1v) is 14.9. The minimum absolute atomic E-state index is 0.00612. The Kier molecular flexibility index (Phi) is 7.19. The molecule has 0 radical (unpaired) electrons. The van der Waals surface area contributed by atoms with Crippen molar-refractivity contribution in [3.05, 3.63) is 160 Å². The van der Waals surface area contributed by atoms with E-state index in [1.807, 2.05) is 42.6 Å². The molecule has 7 rings (SSSR count). The van der Waals surface area contributed by atoms with E-state index in [4.69, 9.17) is 4.42 Å². The van der Waals surface area contributed by atoms with Gasteiger partial charge < -0.3 is 9.32 Å². The van der Waals surface area contributed by atoms with Gasteiger partial charge in [0.15, 0.2) is 0 Å². The summed E-state index contributed by atoms with van der Waals surface area (Å²) >= 11 is 0. The molecule has 5 nitrogen and oxygen atoms in total. The Balaban J connectivity index is 1.35. The fraction of sp³-hybridized carbons (Fsp3) is 0.103. The highest BCUT2D eigenvalue weighted by Gasteiger charge is 2.21. The highest BCUT2D eigenvalue weighted by molar-refractivity contribution is 5.95. The highest BCUT2D eigenvalue weighted by Crippen LogP contribution is 2.38. The summed E-state index contributed by atoms with van der Waals surface area (Å²) in [5.41, 5.74) is 13.2. The van der Waals surface area contributed by atoms with Gasteiger partial charge in [-0.3, -0.25) is 5.01 Å². The van der Waals surface area contributed by atoms with Gasteiger partial charge in [-0.15, -0.1) is 0 Å². The van der Waals surface area contributed by atoms with Crippen molar-refractivity contribution in [2.75, 3.05) is 17.0 Å². The minimum atomic E-state index is -0.00612. The highest BCUT2D eigenvalue weighted by atomic mass is 16.3. The van der Waals surface area contributed by atoms with E-state index in [1.54, 1.807) is 0 Å². The molecule has 0 fully saturated rings. The third-order valence-electron chi connectivity index (χ3n) is 8.38. The third-order valence-corrected chi connectivity index (χ3v) is 8.38. The minimum Gasteiger partial charge on any atom is -0.460 e. The lowest BCUT2D eigenvalue weighted by Crippen LogP contribution is -2.31. The maximum absolute atomic E-state index is 9.63. The van der Waals surface area contributed by atoms with Crippen LogP contribution in [0.5, 0.6) is 0 Å². The van der Waals surface area contributed by atoms with Crippen LogP contribution in [0.25, 0.3) is 23.9 Å². The van der Waals surface area contributed by atoms with Crippen molar-refractivity contribution in [1.29, 1.82) is 5.26 Å². The van der Waals surface area contributed by atoms with Crippen molar-refractivity contribution in [1.82, 2.24) is 5.43 Å². The zero-order chi connectivity index (χ0) is 30.0. The first kappa shape index (κ1) is 27.3. The van der Waals surface area contributed by atoms with E-state index in [-0.39, 0.29) is 5.92 Å². The molecule has 5 heteroatoms. The molecule has 0 saturated heterocycles. The molecule has 3 heterocycles. The van der Waals surface area contributed by atoms with Gasteiger partial charge in [0, 0.05) is 53.8 Å². The monoisotopic (exact) mass is 572 g/mol. The average molecular weight is 573 g/mol. The lowest BCUT2D eigenvalue weighted by atomic mass is 9.89. The molecule has 4 aromatic rings. The fourth-order valence-electron chi connectivity index (χ4n) is 6.20. The van der Waals surface area contributed by atoms with E-state index in [2.05, 4.69) is 120 Å². The number of nitrogens with zero attached hydrogens (tertiary/aromatic N) is 3. The van der Waals surface area contributed by atoms with Gasteiger partial charge in [0.25, 0.3) is 0 Å². The van der Waals surface area contributed by atoms with Crippen LogP contribution in [-0.2, 0) is 6.42 Å². The summed E-state index contributed by atoms with van der Waals surface area (Å²) in [6, 6.07) is 27.8. The van der Waals surface area contributed by atoms with Crippen LogP contribution in [0.15, 0.2) is 126 Å². The van der Waals surface area contributed by atoms with Crippen LogP contribution in [-0.4, -0.2) is 7.05 Å². The summed E-state index contributed by atoms with van der Waals surface area (Å²) in [6.07, 6.45) is 20.4. The van der Waals surface area contributed by atoms with Crippen molar-refractivity contribution in [2.45, 2.75) is 18.8 Å². The molecule has 0 saturated carbocycles. The predicted molar refractivity (Wildman–Crippen MR) is 180 cm³/mol. The van der Waals surface area contributed by atoms with Crippen molar-refractivity contribution >= 4 is 41.0 Å². The number of benzene rings is 3. The number of aryl methyl sites for hydroxylation is 1. The number of para-hydroxylation sites is 2. The molecule has 2 aliphatic heterocycles. The summed E-state index contributed by atoms with van der Waals surface area (Å²) in [5.74, 6) is 1.02. The molecule has 44 heavy (non-hydrogen) atoms. The number of hydrazine groups is 1. The second kappa shape index (κ2) is 11.6. The van der Waals surface area contributed by atoms with Crippen LogP contribution in [0.4, 0.5) is 17.1 Å². The number of rotatable bonds is 3. The Hall–Kier alpha value is -5.57. The lowest BCUT2D eigenvalue weighted by Gasteiger charge is -2.27. The SMILES string of the molecule is C=C1/C=c2/oc3c(/c2=C/N(c2ccc(C4/C=C/C=C\C(C#N)=CN(NC)c5ccccc54)cc2)c2ccccc21)C=CCC3. The number of nitrogens with one attached hydrogen (secondary N) is 1. The second-order valence-corrected chi connectivity index (χ2v) is 11.0. The predicted octanol–water partition coefficient (Wildman–Crippen LogP) is 7.23. The van der Waals surface area contributed by atoms with Crippen LogP contribution < -0.4 is 26.0 Å². The summed E-state index contributed by atoms with van der Waals surface area (Å²) in [6.45, 7) is 4.42. The molecular weight excluding hydrogens is 540 g/mol. The number of hydrogen-bond acceptors (Lipinski definition) is 5. The molecule has 0 bridgehead atoms. The van der Waals surface area contributed by atoms with E-state index in [9.17, 15) is 5.26 Å². The van der Waals surface area contributed by atoms with E-state index < -0.39 is 0 Å². The largest absolute Gasteiger partial charge is 0.460 e. The average Bonchev–Trinajstić information content (AvgIpc) is 3.40. The third kappa shape index (κ3) is 4.92. The first-order chi connectivity index (χ1) is 21.6. The van der Waals surface area contributed by atoms with Gasteiger partial charge in [0.1, 0.15) is 17.2 Å². The zero-order valence-electron chi connectivity index (χ0n) is 24.6. The van der Waals surface area contributed by atoms with Gasteiger partial charge in [-0.05, 0) is 59.5 Å². The van der Waals surface area contributed by atoms with E-state index in [0.29, 0.717) is 5.57 Å². The summed E-state index contributed by atoms with van der Waals surface area (Å²) in [7, 11) is 1.86. The van der Waals surface area contributed by atoms with Crippen molar-refractivity contribution < 1.29 is 4.42 Å². The smallest absolute Gasteiger partial charge is 0.136 e. The number of allylic oxidation sites excluding steroid dienone is 7. The zero-order valence-corrected chi connectivity index (χ0v) is 24.6. The maximum atomic E-state index is 9.63. The first-order valence-electron chi connectivity index (χ1n) is 14.9. The molecule has 3 aromatic carbocycles. The van der Waals surface area contributed by atoms with Crippen LogP contribution in [0.3, 0.4) is 0 Å². The van der Waals surface area contributed by atoms with Gasteiger partial charge in [-0.25, -0.2) is 5.43 Å². The van der Waals surface area contributed by atoms with Gasteiger partial charge in [-0.1, -0.05) is 85.5 Å². The molecule has 1 unspecified atom stereocenters. The number of fused-ring (bicyclic) bond motifs is 5. The summed E-state index contributed by atoms with van der Waals surface area (Å²) < 4.78 is 6.37. The van der Waals surface area contributed by atoms with E-state index in [1.165, 1.54) is 0 Å². The molecule has 214 valence electrons. The fourth-order valence-corrected chi connectivity index (χ4v) is 6.20. The van der Waals surface area contributed by atoms with Crippen LogP contribution in [0.1, 0.15) is 40.4 Å². The Morgan fingerprint density at radius 3 is 2.55 bits per heavy atom. The van der Waals surface area contributed by atoms with Crippen molar-refractivity contribution in [3.8, 4) is 6.07 Å². The number of furan rings is 1. The van der Waals surface area contributed by atoms with Crippen molar-refractivity contribution in [3.63, 3.8) is 0 Å². The Bertz CT molecular complexity index is 2050. The number of anilines is 3. The lowest BCUT2D eigenvalue weighted by molar-refractivity contribution is 0.479. The summed E-state index contributed by atoms with van der Waals surface area (Å²) in [4.78, 5) is 2.26. The maximum Gasteiger partial charge on any atom is 0.136 e. The molecular formula is C39H32N4O. The molecule has 1 aliphatic carbocycles. The Morgan fingerprint density at radius 1 is 0.932 bits per heavy atom. The van der Waals surface area contributed by atoms with Crippen LogP contribution in [0.2, 0.25) is 0 Å². The molecule has 1 aromatic heterocycles. The molecule has 1 atom stereocenters. The quantitative estimate of drug-likeness (QED) is 0.281. The van der Waals surface area contributed by atoms with Crippen LogP contribution in [0, 0.1) is 11.3 Å². The van der Waals surface area contributed by atoms with Crippen LogP contribution >= 0.6 is 0 Å². The van der Waals surface area contributed by atoms with Crippen molar-refractivity contribution in [2.24, 2.45) is 0 Å². The van der Waals surface area contributed by atoms with Gasteiger partial charge >= 0.3 is 0 Å². The molecule has 1 N–H and O–H groups in total. The normalized spacial score (nSPS) is 20.0. The Labute approximate surface area is 257 Å². The molecule has 0 amide bonds. The summed E-state index contributed by atoms with van der Waals surface area (Å²) in [5, 5.41) is 12.6. The Morgan fingerprint density at radius 2 is 1.73 bits per heavy atom. The second-order valence-electron chi connectivity index (χ2n) is 11.0. The number of nitriles is 1. The van der Waals surface area contributed by atoms with Gasteiger partial charge in [0.05, 0.1) is 16.9 Å². The standard InChI is InChI=1S/C39H32N4O/c1-27-23-39-35(34-15-7-10-18-38(34)44-39)26-42(36-16-8-5-12-31(27)36)30-21-19-29(20-22-30)32-13-4-3-11-28(24-40)25-43(41-2)37-17-9-6-14-33(32)37/h3-9,11-17,19-23,25-26,32,41H,1,10,18H2,2H3/b11-3-,13-4+,28-25?,35-26-,39-23+.